The summed E-state index contributed by atoms with van der Waals surface area (Å²) in [5.41, 5.74) is 4.92. The van der Waals surface area contributed by atoms with Gasteiger partial charge in [-0.2, -0.15) is 0 Å². The molecule has 3 aromatic carbocycles. The fraction of sp³-hybridized carbons (Fsp3) is 0.185. The Labute approximate surface area is 191 Å². The zero-order chi connectivity index (χ0) is 22.9. The van der Waals surface area contributed by atoms with Crippen LogP contribution < -0.4 is 10.1 Å². The number of amides is 1. The largest absolute Gasteiger partial charge is 0.497 e. The van der Waals surface area contributed by atoms with Gasteiger partial charge in [-0.05, 0) is 66.3 Å². The third kappa shape index (κ3) is 4.20. The molecule has 1 aliphatic rings. The van der Waals surface area contributed by atoms with Crippen LogP contribution in [0.4, 0.5) is 0 Å². The standard InChI is InChI=1S/C27H24N2O4/c1-33-21-6-2-4-16(15-21)14-19-5-3-7-22-23(19)24(25(29-22)27(31)32)17-8-10-18(11-9-17)26(30)28-20-12-13-20/h2-11,15,20,29H,12-14H2,1H3,(H,28,30)(H,31,32). The molecule has 1 aromatic heterocycles. The Morgan fingerprint density at radius 2 is 1.82 bits per heavy atom. The van der Waals surface area contributed by atoms with Crippen LogP contribution in [0.3, 0.4) is 0 Å². The average molecular weight is 440 g/mol. The summed E-state index contributed by atoms with van der Waals surface area (Å²) in [4.78, 5) is 27.6. The first-order chi connectivity index (χ1) is 16.0. The lowest BCUT2D eigenvalue weighted by atomic mass is 9.94. The Bertz CT molecular complexity index is 1350. The summed E-state index contributed by atoms with van der Waals surface area (Å²) < 4.78 is 5.35. The van der Waals surface area contributed by atoms with Crippen molar-refractivity contribution in [2.24, 2.45) is 0 Å². The zero-order valence-electron chi connectivity index (χ0n) is 18.2. The van der Waals surface area contributed by atoms with E-state index in [0.29, 0.717) is 17.5 Å². The molecule has 0 saturated heterocycles. The van der Waals surface area contributed by atoms with Crippen LogP contribution in [-0.4, -0.2) is 35.1 Å². The van der Waals surface area contributed by atoms with E-state index >= 15 is 0 Å². The highest BCUT2D eigenvalue weighted by atomic mass is 16.5. The van der Waals surface area contributed by atoms with Crippen LogP contribution in [0.5, 0.6) is 5.75 Å². The summed E-state index contributed by atoms with van der Waals surface area (Å²) in [7, 11) is 1.64. The number of methoxy groups -OCH3 is 1. The normalized spacial score (nSPS) is 13.1. The van der Waals surface area contributed by atoms with Gasteiger partial charge in [-0.25, -0.2) is 4.79 Å². The highest BCUT2D eigenvalue weighted by molar-refractivity contribution is 6.09. The number of benzene rings is 3. The average Bonchev–Trinajstić information content (AvgIpc) is 3.55. The molecule has 5 rings (SSSR count). The number of ether oxygens (including phenoxy) is 1. The lowest BCUT2D eigenvalue weighted by Gasteiger charge is -2.10. The van der Waals surface area contributed by atoms with Crippen molar-refractivity contribution >= 4 is 22.8 Å². The highest BCUT2D eigenvalue weighted by Crippen LogP contribution is 2.36. The smallest absolute Gasteiger partial charge is 0.352 e. The number of H-pyrrole nitrogens is 1. The number of carboxylic acid groups (broad SMARTS) is 1. The van der Waals surface area contributed by atoms with E-state index in [2.05, 4.69) is 10.3 Å². The van der Waals surface area contributed by atoms with E-state index in [1.807, 2.05) is 54.6 Å². The summed E-state index contributed by atoms with van der Waals surface area (Å²) in [6, 6.07) is 21.1. The lowest BCUT2D eigenvalue weighted by molar-refractivity contribution is 0.0692. The third-order valence-electron chi connectivity index (χ3n) is 6.00. The van der Waals surface area contributed by atoms with Gasteiger partial charge in [0.05, 0.1) is 7.11 Å². The molecule has 6 heteroatoms. The van der Waals surface area contributed by atoms with Crippen molar-refractivity contribution < 1.29 is 19.4 Å². The summed E-state index contributed by atoms with van der Waals surface area (Å²) in [6.07, 6.45) is 2.68. The predicted octanol–water partition coefficient (Wildman–Crippen LogP) is 5.02. The van der Waals surface area contributed by atoms with Crippen molar-refractivity contribution in [3.8, 4) is 16.9 Å². The minimum atomic E-state index is -1.02. The quantitative estimate of drug-likeness (QED) is 0.376. The van der Waals surface area contributed by atoms with Gasteiger partial charge in [0, 0.05) is 28.1 Å². The number of fused-ring (bicyclic) bond motifs is 1. The van der Waals surface area contributed by atoms with Crippen LogP contribution in [0.15, 0.2) is 66.7 Å². The molecule has 0 spiro atoms. The van der Waals surface area contributed by atoms with Crippen LogP contribution in [0.25, 0.3) is 22.0 Å². The van der Waals surface area contributed by atoms with E-state index in [1.54, 1.807) is 19.2 Å². The molecule has 0 aliphatic heterocycles. The molecular weight excluding hydrogens is 416 g/mol. The van der Waals surface area contributed by atoms with E-state index in [4.69, 9.17) is 4.74 Å². The van der Waals surface area contributed by atoms with Gasteiger partial charge in [0.2, 0.25) is 0 Å². The maximum absolute atomic E-state index is 12.4. The fourth-order valence-electron chi connectivity index (χ4n) is 4.21. The number of rotatable bonds is 7. The topological polar surface area (TPSA) is 91.4 Å². The van der Waals surface area contributed by atoms with E-state index in [0.717, 1.165) is 46.2 Å². The molecule has 0 atom stereocenters. The van der Waals surface area contributed by atoms with E-state index in [9.17, 15) is 14.7 Å². The minimum absolute atomic E-state index is 0.0971. The van der Waals surface area contributed by atoms with Crippen LogP contribution in [0.1, 0.15) is 44.8 Å². The fourth-order valence-corrected chi connectivity index (χ4v) is 4.21. The molecule has 166 valence electrons. The van der Waals surface area contributed by atoms with Crippen molar-refractivity contribution in [3.63, 3.8) is 0 Å². The van der Waals surface area contributed by atoms with Crippen molar-refractivity contribution in [2.75, 3.05) is 7.11 Å². The molecule has 1 amide bonds. The molecule has 1 heterocycles. The molecule has 4 aromatic rings. The van der Waals surface area contributed by atoms with Gasteiger partial charge in [0.15, 0.2) is 0 Å². The Hall–Kier alpha value is -4.06. The summed E-state index contributed by atoms with van der Waals surface area (Å²) in [5, 5.41) is 13.8. The Morgan fingerprint density at radius 1 is 1.06 bits per heavy atom. The number of nitrogens with one attached hydrogen (secondary N) is 2. The van der Waals surface area contributed by atoms with E-state index in [-0.39, 0.29) is 17.6 Å². The molecule has 1 aliphatic carbocycles. The molecule has 3 N–H and O–H groups in total. The molecule has 1 fully saturated rings. The monoisotopic (exact) mass is 440 g/mol. The number of hydrogen-bond acceptors (Lipinski definition) is 3. The molecular formula is C27H24N2O4. The Balaban J connectivity index is 1.58. The maximum atomic E-state index is 12.4. The van der Waals surface area contributed by atoms with Gasteiger partial charge in [0.1, 0.15) is 11.4 Å². The van der Waals surface area contributed by atoms with E-state index < -0.39 is 5.97 Å². The van der Waals surface area contributed by atoms with Crippen molar-refractivity contribution in [1.82, 2.24) is 10.3 Å². The van der Waals surface area contributed by atoms with Crippen LogP contribution in [-0.2, 0) is 6.42 Å². The molecule has 33 heavy (non-hydrogen) atoms. The first-order valence-corrected chi connectivity index (χ1v) is 10.9. The SMILES string of the molecule is COc1cccc(Cc2cccc3[nH]c(C(=O)O)c(-c4ccc(C(=O)NC5CC5)cc4)c23)c1. The highest BCUT2D eigenvalue weighted by Gasteiger charge is 2.24. The second kappa shape index (κ2) is 8.47. The van der Waals surface area contributed by atoms with Gasteiger partial charge in [-0.15, -0.1) is 0 Å². The number of aromatic amines is 1. The molecule has 0 bridgehead atoms. The summed E-state index contributed by atoms with van der Waals surface area (Å²) in [5.74, 6) is -0.343. The predicted molar refractivity (Wildman–Crippen MR) is 127 cm³/mol. The molecule has 0 radical (unpaired) electrons. The second-order valence-corrected chi connectivity index (χ2v) is 8.37. The van der Waals surface area contributed by atoms with Gasteiger partial charge < -0.3 is 20.1 Å². The third-order valence-corrected chi connectivity index (χ3v) is 6.00. The number of carboxylic acids is 1. The Kier molecular flexibility index (Phi) is 5.34. The second-order valence-electron chi connectivity index (χ2n) is 8.37. The van der Waals surface area contributed by atoms with Gasteiger partial charge in [0.25, 0.3) is 5.91 Å². The van der Waals surface area contributed by atoms with Gasteiger partial charge >= 0.3 is 5.97 Å². The van der Waals surface area contributed by atoms with Crippen LogP contribution >= 0.6 is 0 Å². The van der Waals surface area contributed by atoms with Crippen molar-refractivity contribution in [1.29, 1.82) is 0 Å². The van der Waals surface area contributed by atoms with Crippen molar-refractivity contribution in [3.05, 3.63) is 89.1 Å². The Morgan fingerprint density at radius 3 is 2.52 bits per heavy atom. The first kappa shape index (κ1) is 20.8. The van der Waals surface area contributed by atoms with E-state index in [1.165, 1.54) is 0 Å². The number of carbonyl (C=O) groups is 2. The molecule has 6 nitrogen and oxygen atoms in total. The van der Waals surface area contributed by atoms with Crippen molar-refractivity contribution in [2.45, 2.75) is 25.3 Å². The van der Waals surface area contributed by atoms with Crippen LogP contribution in [0.2, 0.25) is 0 Å². The number of hydrogen-bond donors (Lipinski definition) is 3. The lowest BCUT2D eigenvalue weighted by Crippen LogP contribution is -2.25. The summed E-state index contributed by atoms with van der Waals surface area (Å²) in [6.45, 7) is 0. The van der Waals surface area contributed by atoms with Crippen LogP contribution in [0, 0.1) is 0 Å². The molecule has 1 saturated carbocycles. The van der Waals surface area contributed by atoms with Gasteiger partial charge in [-0.1, -0.05) is 36.4 Å². The summed E-state index contributed by atoms with van der Waals surface area (Å²) >= 11 is 0. The number of carbonyl (C=O) groups excluding carboxylic acids is 1. The number of aromatic carboxylic acids is 1. The first-order valence-electron chi connectivity index (χ1n) is 10.9. The molecule has 0 unspecified atom stereocenters. The number of aromatic nitrogens is 1. The zero-order valence-corrected chi connectivity index (χ0v) is 18.2. The minimum Gasteiger partial charge on any atom is -0.497 e. The maximum Gasteiger partial charge on any atom is 0.352 e. The van der Waals surface area contributed by atoms with Gasteiger partial charge in [-0.3, -0.25) is 4.79 Å².